The summed E-state index contributed by atoms with van der Waals surface area (Å²) < 4.78 is 19.3. The second-order valence-corrected chi connectivity index (χ2v) is 5.53. The van der Waals surface area contributed by atoms with Gasteiger partial charge in [-0.2, -0.15) is 0 Å². The van der Waals surface area contributed by atoms with Gasteiger partial charge in [-0.15, -0.1) is 0 Å². The number of aromatic nitrogens is 2. The van der Waals surface area contributed by atoms with Crippen molar-refractivity contribution < 1.29 is 9.13 Å². The number of hydrogen-bond acceptors (Lipinski definition) is 5. The normalized spacial score (nSPS) is 16.9. The van der Waals surface area contributed by atoms with E-state index in [1.54, 1.807) is 6.07 Å². The van der Waals surface area contributed by atoms with Crippen molar-refractivity contribution in [1.82, 2.24) is 9.97 Å². The molecule has 114 valence electrons. The smallest absolute Gasteiger partial charge is 0.204 e. The number of benzene rings is 1. The summed E-state index contributed by atoms with van der Waals surface area (Å²) >= 11 is 0. The van der Waals surface area contributed by atoms with Gasteiger partial charge in [0.25, 0.3) is 0 Å². The van der Waals surface area contributed by atoms with Gasteiger partial charge in [-0.05, 0) is 25.0 Å². The largest absolute Gasteiger partial charge is 0.485 e. The van der Waals surface area contributed by atoms with E-state index >= 15 is 0 Å². The van der Waals surface area contributed by atoms with Crippen molar-refractivity contribution in [1.29, 1.82) is 0 Å². The zero-order valence-electron chi connectivity index (χ0n) is 12.2. The second kappa shape index (κ2) is 5.44. The van der Waals surface area contributed by atoms with Gasteiger partial charge in [0.05, 0.1) is 6.54 Å². The lowest BCUT2D eigenvalue weighted by Gasteiger charge is -2.25. The Bertz CT molecular complexity index is 701. The summed E-state index contributed by atoms with van der Waals surface area (Å²) in [5, 5.41) is 3.25. The highest BCUT2D eigenvalue weighted by molar-refractivity contribution is 5.71. The summed E-state index contributed by atoms with van der Waals surface area (Å²) in [7, 11) is 0. The van der Waals surface area contributed by atoms with E-state index in [0.717, 1.165) is 31.7 Å². The van der Waals surface area contributed by atoms with Crippen molar-refractivity contribution in [3.8, 4) is 17.1 Å². The van der Waals surface area contributed by atoms with Crippen molar-refractivity contribution in [2.45, 2.75) is 12.8 Å². The first kappa shape index (κ1) is 13.3. The van der Waals surface area contributed by atoms with Crippen LogP contribution in [0.3, 0.4) is 0 Å². The molecule has 2 aliphatic heterocycles. The van der Waals surface area contributed by atoms with Crippen LogP contribution in [0.25, 0.3) is 11.4 Å². The van der Waals surface area contributed by atoms with Crippen molar-refractivity contribution in [3.05, 3.63) is 30.1 Å². The lowest BCUT2D eigenvalue weighted by molar-refractivity contribution is 0.320. The molecule has 5 nitrogen and oxygen atoms in total. The lowest BCUT2D eigenvalue weighted by atomic mass is 10.2. The fourth-order valence-corrected chi connectivity index (χ4v) is 2.91. The molecule has 0 saturated carbocycles. The Morgan fingerprint density at radius 3 is 2.86 bits per heavy atom. The quantitative estimate of drug-likeness (QED) is 0.924. The van der Waals surface area contributed by atoms with Crippen LogP contribution in [0.4, 0.5) is 16.0 Å². The molecule has 0 radical (unpaired) electrons. The van der Waals surface area contributed by atoms with Gasteiger partial charge in [-0.25, -0.2) is 14.4 Å². The maximum atomic E-state index is 13.5. The zero-order valence-corrected chi connectivity index (χ0v) is 12.2. The van der Waals surface area contributed by atoms with Crippen LogP contribution < -0.4 is 15.0 Å². The van der Waals surface area contributed by atoms with Crippen LogP contribution in [0.15, 0.2) is 24.3 Å². The third kappa shape index (κ3) is 2.34. The molecule has 6 heteroatoms. The predicted molar refractivity (Wildman–Crippen MR) is 82.9 cm³/mol. The van der Waals surface area contributed by atoms with Gasteiger partial charge in [0.2, 0.25) is 5.75 Å². The number of fused-ring (bicyclic) bond motifs is 1. The molecule has 2 aromatic rings. The average Bonchev–Trinajstić information content (AvgIpc) is 3.08. The summed E-state index contributed by atoms with van der Waals surface area (Å²) in [4.78, 5) is 11.4. The number of hydrogen-bond donors (Lipinski definition) is 1. The summed E-state index contributed by atoms with van der Waals surface area (Å²) in [5.74, 6) is 2.47. The Kier molecular flexibility index (Phi) is 3.29. The first-order valence-corrected chi connectivity index (χ1v) is 7.61. The lowest BCUT2D eigenvalue weighted by Crippen LogP contribution is -2.25. The van der Waals surface area contributed by atoms with E-state index in [0.29, 0.717) is 36.1 Å². The third-order valence-corrected chi connectivity index (χ3v) is 3.98. The fourth-order valence-electron chi connectivity index (χ4n) is 2.91. The van der Waals surface area contributed by atoms with Gasteiger partial charge < -0.3 is 15.0 Å². The monoisotopic (exact) mass is 300 g/mol. The number of rotatable bonds is 2. The molecule has 1 aromatic heterocycles. The fraction of sp³-hybridized carbons (Fsp3) is 0.375. The minimum absolute atomic E-state index is 0.286. The van der Waals surface area contributed by atoms with E-state index in [1.807, 2.05) is 6.07 Å². The topological polar surface area (TPSA) is 50.3 Å². The van der Waals surface area contributed by atoms with E-state index in [1.165, 1.54) is 12.1 Å². The van der Waals surface area contributed by atoms with Crippen LogP contribution >= 0.6 is 0 Å². The number of halogens is 1. The van der Waals surface area contributed by atoms with Crippen LogP contribution in [0, 0.1) is 5.82 Å². The molecule has 0 spiro atoms. The summed E-state index contributed by atoms with van der Waals surface area (Å²) in [6.07, 6.45) is 2.31. The molecule has 4 rings (SSSR count). The molecule has 2 aliphatic rings. The van der Waals surface area contributed by atoms with Crippen LogP contribution in [-0.2, 0) is 0 Å². The van der Waals surface area contributed by atoms with E-state index < -0.39 is 0 Å². The molecule has 3 heterocycles. The highest BCUT2D eigenvalue weighted by Crippen LogP contribution is 2.38. The molecule has 0 atom stereocenters. The standard InChI is InChI=1S/C16H17FN4O/c17-12-5-3-4-11(10-12)14-19-15-13(22-9-6-18-15)16(20-14)21-7-1-2-8-21/h3-5,10H,1-2,6-9H2,(H,18,19,20). The van der Waals surface area contributed by atoms with E-state index in [4.69, 9.17) is 4.74 Å². The van der Waals surface area contributed by atoms with Gasteiger partial charge in [0.1, 0.15) is 12.4 Å². The molecule has 0 unspecified atom stereocenters. The number of anilines is 2. The molecule has 1 N–H and O–H groups in total. The Morgan fingerprint density at radius 1 is 1.18 bits per heavy atom. The molecule has 22 heavy (non-hydrogen) atoms. The van der Waals surface area contributed by atoms with Gasteiger partial charge >= 0.3 is 0 Å². The molecular formula is C16H17FN4O. The molecule has 0 amide bonds. The Hall–Kier alpha value is -2.37. The van der Waals surface area contributed by atoms with Crippen LogP contribution in [-0.4, -0.2) is 36.2 Å². The molecule has 0 aliphatic carbocycles. The highest BCUT2D eigenvalue weighted by atomic mass is 19.1. The molecule has 1 saturated heterocycles. The van der Waals surface area contributed by atoms with Gasteiger partial charge in [-0.1, -0.05) is 12.1 Å². The van der Waals surface area contributed by atoms with Crippen molar-refractivity contribution >= 4 is 11.6 Å². The van der Waals surface area contributed by atoms with Gasteiger partial charge in [0, 0.05) is 18.7 Å². The molecule has 0 bridgehead atoms. The van der Waals surface area contributed by atoms with Crippen molar-refractivity contribution in [2.24, 2.45) is 0 Å². The summed E-state index contributed by atoms with van der Waals surface area (Å²) in [5.41, 5.74) is 0.677. The molecule has 1 aromatic carbocycles. The number of nitrogens with zero attached hydrogens (tertiary/aromatic N) is 3. The Morgan fingerprint density at radius 2 is 2.05 bits per heavy atom. The SMILES string of the molecule is Fc1cccc(-c2nc3c(c(N4CCCC4)n2)OCCN3)c1. The Labute approximate surface area is 128 Å². The van der Waals surface area contributed by atoms with E-state index in [2.05, 4.69) is 20.2 Å². The average molecular weight is 300 g/mol. The molecule has 1 fully saturated rings. The van der Waals surface area contributed by atoms with Crippen LogP contribution in [0.5, 0.6) is 5.75 Å². The van der Waals surface area contributed by atoms with Gasteiger partial charge in [-0.3, -0.25) is 0 Å². The minimum Gasteiger partial charge on any atom is -0.485 e. The predicted octanol–water partition coefficient (Wildman–Crippen LogP) is 2.69. The van der Waals surface area contributed by atoms with Gasteiger partial charge in [0.15, 0.2) is 17.5 Å². The summed E-state index contributed by atoms with van der Waals surface area (Å²) in [6, 6.07) is 6.37. The Balaban J connectivity index is 1.84. The molecular weight excluding hydrogens is 283 g/mol. The first-order valence-electron chi connectivity index (χ1n) is 7.61. The van der Waals surface area contributed by atoms with Crippen molar-refractivity contribution in [3.63, 3.8) is 0 Å². The van der Waals surface area contributed by atoms with Crippen LogP contribution in [0.1, 0.15) is 12.8 Å². The second-order valence-electron chi connectivity index (χ2n) is 5.53. The van der Waals surface area contributed by atoms with E-state index in [9.17, 15) is 4.39 Å². The minimum atomic E-state index is -0.286. The number of ether oxygens (including phenoxy) is 1. The van der Waals surface area contributed by atoms with Crippen molar-refractivity contribution in [2.75, 3.05) is 36.5 Å². The maximum Gasteiger partial charge on any atom is 0.204 e. The third-order valence-electron chi connectivity index (χ3n) is 3.98. The van der Waals surface area contributed by atoms with Crippen LogP contribution in [0.2, 0.25) is 0 Å². The number of nitrogens with one attached hydrogen (secondary N) is 1. The highest BCUT2D eigenvalue weighted by Gasteiger charge is 2.25. The zero-order chi connectivity index (χ0) is 14.9. The summed E-state index contributed by atoms with van der Waals surface area (Å²) in [6.45, 7) is 3.26. The first-order chi connectivity index (χ1) is 10.8. The van der Waals surface area contributed by atoms with E-state index in [-0.39, 0.29) is 5.82 Å². The maximum absolute atomic E-state index is 13.5.